The summed E-state index contributed by atoms with van der Waals surface area (Å²) in [7, 11) is 0. The highest BCUT2D eigenvalue weighted by Gasteiger charge is 2.15. The first kappa shape index (κ1) is 10.3. The van der Waals surface area contributed by atoms with Crippen LogP contribution < -0.4 is 11.1 Å². The molecule has 1 aliphatic rings. The zero-order valence-corrected chi connectivity index (χ0v) is 9.37. The van der Waals surface area contributed by atoms with E-state index in [1.165, 1.54) is 32.1 Å². The number of nitrogens with zero attached hydrogens (tertiary/aromatic N) is 2. The van der Waals surface area contributed by atoms with Crippen molar-refractivity contribution in [3.8, 4) is 0 Å². The molecule has 0 atom stereocenters. The fourth-order valence-electron chi connectivity index (χ4n) is 2.15. The fourth-order valence-corrected chi connectivity index (χ4v) is 2.15. The van der Waals surface area contributed by atoms with Gasteiger partial charge in [0.1, 0.15) is 0 Å². The van der Waals surface area contributed by atoms with Gasteiger partial charge >= 0.3 is 0 Å². The number of aromatic nitrogens is 2. The maximum Gasteiger partial charge on any atom is 0.171 e. The number of aryl methyl sites for hydroxylation is 1. The largest absolute Gasteiger partial charge is 0.394 e. The van der Waals surface area contributed by atoms with Crippen molar-refractivity contribution < 1.29 is 0 Å². The van der Waals surface area contributed by atoms with Gasteiger partial charge in [-0.05, 0) is 19.8 Å². The molecule has 0 unspecified atom stereocenters. The number of hydrogen-bond donors (Lipinski definition) is 2. The molecule has 3 N–H and O–H groups in total. The molecule has 1 aromatic heterocycles. The molecule has 4 nitrogen and oxygen atoms in total. The minimum absolute atomic E-state index is 0.571. The van der Waals surface area contributed by atoms with E-state index in [4.69, 9.17) is 5.73 Å². The molecule has 0 aliphatic heterocycles. The first-order valence-corrected chi connectivity index (χ1v) is 5.89. The van der Waals surface area contributed by atoms with Crippen molar-refractivity contribution in [2.75, 3.05) is 11.1 Å². The monoisotopic (exact) mass is 208 g/mol. The summed E-state index contributed by atoms with van der Waals surface area (Å²) in [5.74, 6) is 0.865. The van der Waals surface area contributed by atoms with Crippen LogP contribution in [0.3, 0.4) is 0 Å². The summed E-state index contributed by atoms with van der Waals surface area (Å²) in [5.41, 5.74) is 6.65. The van der Waals surface area contributed by atoms with E-state index in [0.717, 1.165) is 18.1 Å². The van der Waals surface area contributed by atoms with E-state index in [1.807, 2.05) is 10.9 Å². The van der Waals surface area contributed by atoms with Gasteiger partial charge in [0.05, 0.1) is 11.9 Å². The standard InChI is InChI=1S/C11H20N4/c1-2-15-8-10(12)11(14-15)13-9-6-4-3-5-7-9/h8-9H,2-7,12H2,1H3,(H,13,14). The van der Waals surface area contributed by atoms with Crippen molar-refractivity contribution in [2.24, 2.45) is 0 Å². The van der Waals surface area contributed by atoms with Gasteiger partial charge in [-0.3, -0.25) is 4.68 Å². The van der Waals surface area contributed by atoms with Gasteiger partial charge in [0, 0.05) is 12.6 Å². The summed E-state index contributed by atoms with van der Waals surface area (Å²) in [6, 6.07) is 0.571. The Morgan fingerprint density at radius 3 is 2.80 bits per heavy atom. The molecule has 4 heteroatoms. The maximum atomic E-state index is 5.89. The van der Waals surface area contributed by atoms with Crippen molar-refractivity contribution in [1.29, 1.82) is 0 Å². The SMILES string of the molecule is CCn1cc(N)c(NC2CCCCC2)n1. The number of hydrogen-bond acceptors (Lipinski definition) is 3. The van der Waals surface area contributed by atoms with E-state index in [2.05, 4.69) is 17.3 Å². The predicted molar refractivity (Wildman–Crippen MR) is 62.8 cm³/mol. The average molecular weight is 208 g/mol. The second-order valence-electron chi connectivity index (χ2n) is 4.27. The van der Waals surface area contributed by atoms with Crippen LogP contribution in [0, 0.1) is 0 Å². The van der Waals surface area contributed by atoms with Gasteiger partial charge in [0.15, 0.2) is 5.82 Å². The lowest BCUT2D eigenvalue weighted by Gasteiger charge is -2.22. The Bertz CT molecular complexity index is 312. The quantitative estimate of drug-likeness (QED) is 0.801. The van der Waals surface area contributed by atoms with Crippen LogP contribution in [0.1, 0.15) is 39.0 Å². The van der Waals surface area contributed by atoms with Crippen molar-refractivity contribution >= 4 is 11.5 Å². The molecule has 84 valence electrons. The first-order valence-electron chi connectivity index (χ1n) is 5.89. The van der Waals surface area contributed by atoms with Crippen molar-refractivity contribution in [2.45, 2.75) is 51.6 Å². The van der Waals surface area contributed by atoms with Crippen LogP contribution in [0.5, 0.6) is 0 Å². The third-order valence-electron chi connectivity index (χ3n) is 3.06. The predicted octanol–water partition coefficient (Wildman–Crippen LogP) is 2.23. The Kier molecular flexibility index (Phi) is 3.14. The Morgan fingerprint density at radius 1 is 1.47 bits per heavy atom. The molecule has 0 bridgehead atoms. The lowest BCUT2D eigenvalue weighted by atomic mass is 9.95. The van der Waals surface area contributed by atoms with Gasteiger partial charge in [0.25, 0.3) is 0 Å². The molecular weight excluding hydrogens is 188 g/mol. The van der Waals surface area contributed by atoms with Gasteiger partial charge in [-0.1, -0.05) is 19.3 Å². The molecule has 0 amide bonds. The maximum absolute atomic E-state index is 5.89. The van der Waals surface area contributed by atoms with E-state index in [9.17, 15) is 0 Å². The molecule has 1 fully saturated rings. The van der Waals surface area contributed by atoms with Crippen molar-refractivity contribution in [1.82, 2.24) is 9.78 Å². The number of rotatable bonds is 3. The van der Waals surface area contributed by atoms with Crippen molar-refractivity contribution in [3.63, 3.8) is 0 Å². The molecule has 0 radical (unpaired) electrons. The molecule has 2 rings (SSSR count). The third kappa shape index (κ3) is 2.43. The van der Waals surface area contributed by atoms with E-state index in [0.29, 0.717) is 6.04 Å². The molecule has 1 heterocycles. The second kappa shape index (κ2) is 4.55. The molecule has 0 aromatic carbocycles. The highest BCUT2D eigenvalue weighted by atomic mass is 15.3. The van der Waals surface area contributed by atoms with Crippen LogP contribution in [-0.4, -0.2) is 15.8 Å². The molecule has 1 aromatic rings. The van der Waals surface area contributed by atoms with E-state index in [1.54, 1.807) is 0 Å². The highest BCUT2D eigenvalue weighted by molar-refractivity contribution is 5.60. The second-order valence-corrected chi connectivity index (χ2v) is 4.27. The topological polar surface area (TPSA) is 55.9 Å². The highest BCUT2D eigenvalue weighted by Crippen LogP contribution is 2.23. The zero-order valence-electron chi connectivity index (χ0n) is 9.37. The lowest BCUT2D eigenvalue weighted by molar-refractivity contribution is 0.461. The smallest absolute Gasteiger partial charge is 0.171 e. The number of anilines is 2. The number of nitrogens with two attached hydrogens (primary N) is 1. The van der Waals surface area contributed by atoms with E-state index < -0.39 is 0 Å². The lowest BCUT2D eigenvalue weighted by Crippen LogP contribution is -2.23. The Hall–Kier alpha value is -1.19. The van der Waals surface area contributed by atoms with Crippen LogP contribution in [0.4, 0.5) is 11.5 Å². The van der Waals surface area contributed by atoms with Gasteiger partial charge in [-0.2, -0.15) is 5.10 Å². The molecule has 0 spiro atoms. The van der Waals surface area contributed by atoms with Crippen LogP contribution in [0.15, 0.2) is 6.20 Å². The minimum Gasteiger partial charge on any atom is -0.394 e. The Labute approximate surface area is 90.8 Å². The van der Waals surface area contributed by atoms with Crippen molar-refractivity contribution in [3.05, 3.63) is 6.20 Å². The number of nitrogens with one attached hydrogen (secondary N) is 1. The van der Waals surface area contributed by atoms with Crippen LogP contribution in [-0.2, 0) is 6.54 Å². The van der Waals surface area contributed by atoms with Gasteiger partial charge in [-0.15, -0.1) is 0 Å². The number of nitrogen functional groups attached to an aromatic ring is 1. The van der Waals surface area contributed by atoms with E-state index >= 15 is 0 Å². The van der Waals surface area contributed by atoms with Crippen LogP contribution in [0.25, 0.3) is 0 Å². The Morgan fingerprint density at radius 2 is 2.20 bits per heavy atom. The first-order chi connectivity index (χ1) is 7.29. The summed E-state index contributed by atoms with van der Waals surface area (Å²) in [6.07, 6.45) is 8.41. The minimum atomic E-state index is 0.571. The molecular formula is C11H20N4. The summed E-state index contributed by atoms with van der Waals surface area (Å²) in [6.45, 7) is 2.94. The van der Waals surface area contributed by atoms with E-state index in [-0.39, 0.29) is 0 Å². The van der Waals surface area contributed by atoms with Crippen LogP contribution >= 0.6 is 0 Å². The molecule has 0 saturated heterocycles. The summed E-state index contributed by atoms with van der Waals surface area (Å²) < 4.78 is 1.88. The van der Waals surface area contributed by atoms with Gasteiger partial charge in [-0.25, -0.2) is 0 Å². The molecule has 15 heavy (non-hydrogen) atoms. The van der Waals surface area contributed by atoms with Crippen LogP contribution in [0.2, 0.25) is 0 Å². The van der Waals surface area contributed by atoms with Gasteiger partial charge in [0.2, 0.25) is 0 Å². The molecule has 1 saturated carbocycles. The Balaban J connectivity index is 1.99. The summed E-state index contributed by atoms with van der Waals surface area (Å²) in [4.78, 5) is 0. The summed E-state index contributed by atoms with van der Waals surface area (Å²) in [5, 5.41) is 7.85. The molecule has 1 aliphatic carbocycles. The summed E-state index contributed by atoms with van der Waals surface area (Å²) >= 11 is 0. The zero-order chi connectivity index (χ0) is 10.7. The third-order valence-corrected chi connectivity index (χ3v) is 3.06. The fraction of sp³-hybridized carbons (Fsp3) is 0.727. The normalized spacial score (nSPS) is 17.9. The average Bonchev–Trinajstić information content (AvgIpc) is 2.61. The van der Waals surface area contributed by atoms with Gasteiger partial charge < -0.3 is 11.1 Å².